The van der Waals surface area contributed by atoms with Crippen LogP contribution in [0.3, 0.4) is 0 Å². The summed E-state index contributed by atoms with van der Waals surface area (Å²) in [7, 11) is 2.73. The Morgan fingerprint density at radius 3 is 2.49 bits per heavy atom. The molecule has 0 bridgehead atoms. The largest absolute Gasteiger partial charge is 0.481 e. The molecule has 0 aliphatic rings. The molecule has 3 heterocycles. The number of nitrogens with zero attached hydrogens (tertiary/aromatic N) is 7. The van der Waals surface area contributed by atoms with E-state index in [0.717, 1.165) is 10.9 Å². The summed E-state index contributed by atoms with van der Waals surface area (Å²) in [5.74, 6) is 0.497. The molecule has 1 atom stereocenters. The van der Waals surface area contributed by atoms with Gasteiger partial charge in [-0.1, -0.05) is 12.1 Å². The van der Waals surface area contributed by atoms with Crippen LogP contribution in [-0.2, 0) is 4.74 Å². The molecule has 4 aromatic rings. The van der Waals surface area contributed by atoms with Crippen molar-refractivity contribution in [1.29, 1.82) is 0 Å². The molecule has 37 heavy (non-hydrogen) atoms. The van der Waals surface area contributed by atoms with Crippen LogP contribution in [0.4, 0.5) is 18.9 Å². The van der Waals surface area contributed by atoms with Crippen LogP contribution in [0.25, 0.3) is 22.4 Å². The summed E-state index contributed by atoms with van der Waals surface area (Å²) >= 11 is 0. The fourth-order valence-corrected chi connectivity index (χ4v) is 3.55. The second kappa shape index (κ2) is 10.2. The van der Waals surface area contributed by atoms with Gasteiger partial charge >= 0.3 is 6.18 Å². The highest BCUT2D eigenvalue weighted by Gasteiger charge is 2.31. The number of rotatable bonds is 6. The summed E-state index contributed by atoms with van der Waals surface area (Å²) in [6.07, 6.45) is 0.712. The number of fused-ring (bicyclic) bond motifs is 1. The number of halogens is 3. The van der Waals surface area contributed by atoms with Gasteiger partial charge in [0.1, 0.15) is 17.6 Å². The average Bonchev–Trinajstić information content (AvgIpc) is 3.30. The summed E-state index contributed by atoms with van der Waals surface area (Å²) in [4.78, 5) is 21.6. The van der Waals surface area contributed by atoms with Gasteiger partial charge < -0.3 is 15.2 Å². The zero-order chi connectivity index (χ0) is 26.7. The maximum atomic E-state index is 12.7. The lowest BCUT2D eigenvalue weighted by atomic mass is 10.1. The zero-order valence-corrected chi connectivity index (χ0v) is 20.4. The van der Waals surface area contributed by atoms with E-state index in [2.05, 4.69) is 25.0 Å². The fourth-order valence-electron chi connectivity index (χ4n) is 3.55. The van der Waals surface area contributed by atoms with Crippen molar-refractivity contribution in [2.75, 3.05) is 14.2 Å². The van der Waals surface area contributed by atoms with Gasteiger partial charge in [-0.05, 0) is 31.5 Å². The Kier molecular flexibility index (Phi) is 7.05. The molecule has 13 heteroatoms. The number of aliphatic imine (C=N–C) groups is 1. The third-order valence-electron chi connectivity index (χ3n) is 5.55. The molecular weight excluding hydrogens is 489 g/mol. The quantitative estimate of drug-likeness (QED) is 0.300. The lowest BCUT2D eigenvalue weighted by Crippen LogP contribution is -2.21. The molecule has 4 rings (SSSR count). The Hall–Kier alpha value is -4.55. The van der Waals surface area contributed by atoms with Gasteiger partial charge in [-0.15, -0.1) is 0 Å². The van der Waals surface area contributed by atoms with Crippen LogP contribution in [0.1, 0.15) is 24.2 Å². The molecule has 0 radical (unpaired) electrons. The van der Waals surface area contributed by atoms with Crippen LogP contribution in [0.15, 0.2) is 59.8 Å². The first kappa shape index (κ1) is 25.5. The standard InChI is InChI=1S/C24H23F3N8O2/c1-13-20(23(37-4)31-12-30-13)21-29-10-16-11-32-35(22(16)34-21)14(2)15-5-7-17(8-6-15)33-19(36-3)9-18(28)24(25,26)27/h5-12,14H,28H2,1-4H3. The van der Waals surface area contributed by atoms with Gasteiger partial charge in [0.25, 0.3) is 0 Å². The maximum absolute atomic E-state index is 12.7. The summed E-state index contributed by atoms with van der Waals surface area (Å²) in [6.45, 7) is 3.76. The third kappa shape index (κ3) is 5.34. The van der Waals surface area contributed by atoms with E-state index in [1.807, 2.05) is 13.8 Å². The number of alkyl halides is 3. The van der Waals surface area contributed by atoms with Crippen molar-refractivity contribution in [2.24, 2.45) is 10.7 Å². The fraction of sp³-hybridized carbons (Fsp3) is 0.250. The highest BCUT2D eigenvalue weighted by Crippen LogP contribution is 2.30. The molecule has 0 amide bonds. The molecule has 10 nitrogen and oxygen atoms in total. The van der Waals surface area contributed by atoms with Gasteiger partial charge in [-0.2, -0.15) is 18.3 Å². The number of hydrogen-bond donors (Lipinski definition) is 1. The lowest BCUT2D eigenvalue weighted by Gasteiger charge is -2.14. The Morgan fingerprint density at radius 1 is 1.11 bits per heavy atom. The van der Waals surface area contributed by atoms with Crippen LogP contribution in [0.2, 0.25) is 0 Å². The highest BCUT2D eigenvalue weighted by atomic mass is 19.4. The minimum atomic E-state index is -4.67. The SMILES string of the molecule is COC(C=C(N)C(F)(F)F)=Nc1ccc(C(C)n2ncc3cnc(-c4c(C)ncnc4OC)nc32)cc1. The first-order chi connectivity index (χ1) is 17.6. The van der Waals surface area contributed by atoms with Crippen molar-refractivity contribution in [1.82, 2.24) is 29.7 Å². The first-order valence-corrected chi connectivity index (χ1v) is 11.0. The number of hydrogen-bond acceptors (Lipinski definition) is 9. The van der Waals surface area contributed by atoms with E-state index in [4.69, 9.17) is 20.2 Å². The number of benzene rings is 1. The van der Waals surface area contributed by atoms with E-state index in [1.165, 1.54) is 20.5 Å². The molecule has 0 saturated heterocycles. The van der Waals surface area contributed by atoms with Gasteiger partial charge in [0.15, 0.2) is 11.5 Å². The minimum Gasteiger partial charge on any atom is -0.481 e. The molecular formula is C24H23F3N8O2. The molecule has 3 aromatic heterocycles. The Balaban J connectivity index is 1.65. The van der Waals surface area contributed by atoms with Gasteiger partial charge in [-0.3, -0.25) is 0 Å². The van der Waals surface area contributed by atoms with Crippen LogP contribution in [0.5, 0.6) is 5.88 Å². The van der Waals surface area contributed by atoms with Crippen LogP contribution >= 0.6 is 0 Å². The molecule has 0 aliphatic heterocycles. The molecule has 1 aromatic carbocycles. The van der Waals surface area contributed by atoms with Crippen molar-refractivity contribution in [3.63, 3.8) is 0 Å². The molecule has 1 unspecified atom stereocenters. The lowest BCUT2D eigenvalue weighted by molar-refractivity contribution is -0.0926. The number of ether oxygens (including phenoxy) is 2. The first-order valence-electron chi connectivity index (χ1n) is 11.0. The summed E-state index contributed by atoms with van der Waals surface area (Å²) in [5, 5.41) is 5.23. The van der Waals surface area contributed by atoms with Crippen molar-refractivity contribution < 1.29 is 22.6 Å². The van der Waals surface area contributed by atoms with E-state index in [-0.39, 0.29) is 11.9 Å². The summed E-state index contributed by atoms with van der Waals surface area (Å²) in [6, 6.07) is 6.66. The van der Waals surface area contributed by atoms with E-state index in [1.54, 1.807) is 41.3 Å². The molecule has 2 N–H and O–H groups in total. The van der Waals surface area contributed by atoms with E-state index in [9.17, 15) is 13.2 Å². The highest BCUT2D eigenvalue weighted by molar-refractivity contribution is 5.90. The van der Waals surface area contributed by atoms with Crippen LogP contribution in [0, 0.1) is 6.92 Å². The van der Waals surface area contributed by atoms with Crippen LogP contribution in [-0.4, -0.2) is 56.0 Å². The topological polar surface area (TPSA) is 126 Å². The number of allylic oxidation sites excluding steroid dienone is 1. The number of aromatic nitrogens is 6. The van der Waals surface area contributed by atoms with Gasteiger partial charge in [0.2, 0.25) is 11.8 Å². The zero-order valence-electron chi connectivity index (χ0n) is 20.4. The van der Waals surface area contributed by atoms with Crippen molar-refractivity contribution in [3.8, 4) is 17.3 Å². The Bertz CT molecular complexity index is 1480. The second-order valence-electron chi connectivity index (χ2n) is 7.92. The van der Waals surface area contributed by atoms with Gasteiger partial charge in [0, 0.05) is 12.3 Å². The minimum absolute atomic E-state index is 0.240. The second-order valence-corrected chi connectivity index (χ2v) is 7.92. The maximum Gasteiger partial charge on any atom is 0.430 e. The van der Waals surface area contributed by atoms with E-state index < -0.39 is 11.9 Å². The average molecular weight is 512 g/mol. The normalized spacial score (nSPS) is 13.6. The van der Waals surface area contributed by atoms with Crippen molar-refractivity contribution in [2.45, 2.75) is 26.1 Å². The number of aryl methyl sites for hydroxylation is 1. The number of nitrogens with two attached hydrogens (primary N) is 1. The summed E-state index contributed by atoms with van der Waals surface area (Å²) < 4.78 is 50.2. The van der Waals surface area contributed by atoms with Gasteiger partial charge in [-0.25, -0.2) is 29.6 Å². The molecule has 0 spiro atoms. The smallest absolute Gasteiger partial charge is 0.430 e. The predicted molar refractivity (Wildman–Crippen MR) is 130 cm³/mol. The van der Waals surface area contributed by atoms with E-state index >= 15 is 0 Å². The summed E-state index contributed by atoms with van der Waals surface area (Å²) in [5.41, 5.74) is 6.86. The Morgan fingerprint density at radius 2 is 1.84 bits per heavy atom. The third-order valence-corrected chi connectivity index (χ3v) is 5.55. The monoisotopic (exact) mass is 512 g/mol. The Labute approximate surface area is 209 Å². The molecule has 0 aliphatic carbocycles. The van der Waals surface area contributed by atoms with Gasteiger partial charge in [0.05, 0.1) is 43.2 Å². The molecule has 192 valence electrons. The molecule has 0 saturated carbocycles. The molecule has 0 fully saturated rings. The van der Waals surface area contributed by atoms with E-state index in [0.29, 0.717) is 40.4 Å². The van der Waals surface area contributed by atoms with Crippen molar-refractivity contribution in [3.05, 3.63) is 66.0 Å². The van der Waals surface area contributed by atoms with Crippen molar-refractivity contribution >= 4 is 22.6 Å². The number of methoxy groups -OCH3 is 2. The van der Waals surface area contributed by atoms with Crippen LogP contribution < -0.4 is 10.5 Å². The predicted octanol–water partition coefficient (Wildman–Crippen LogP) is 4.29.